The number of alkyl halides is 1. The molecule has 2 unspecified atom stereocenters. The molecule has 1 aromatic carbocycles. The first-order valence-electron chi connectivity index (χ1n) is 6.10. The van der Waals surface area contributed by atoms with Crippen molar-refractivity contribution in [3.63, 3.8) is 0 Å². The number of hydrogen-bond acceptors (Lipinski definition) is 2. The second-order valence-corrected chi connectivity index (χ2v) is 5.42. The predicted octanol–water partition coefficient (Wildman–Crippen LogP) is 1.98. The summed E-state index contributed by atoms with van der Waals surface area (Å²) < 4.78 is 0. The van der Waals surface area contributed by atoms with E-state index < -0.39 is 22.7 Å². The molecule has 0 aliphatic rings. The Morgan fingerprint density at radius 1 is 1.26 bits per heavy atom. The molecule has 2 atom stereocenters. The fourth-order valence-electron chi connectivity index (χ4n) is 1.58. The molecule has 0 fully saturated rings. The molecule has 0 heterocycles. The van der Waals surface area contributed by atoms with Gasteiger partial charge in [-0.2, -0.15) is 0 Å². The highest BCUT2D eigenvalue weighted by Gasteiger charge is 2.37. The van der Waals surface area contributed by atoms with E-state index in [2.05, 4.69) is 5.32 Å². The normalized spacial score (nSPS) is 15.6. The highest BCUT2D eigenvalue weighted by atomic mass is 35.5. The van der Waals surface area contributed by atoms with Crippen molar-refractivity contribution in [1.82, 2.24) is 5.32 Å². The number of halogens is 1. The van der Waals surface area contributed by atoms with Crippen molar-refractivity contribution < 1.29 is 9.59 Å². The summed E-state index contributed by atoms with van der Waals surface area (Å²) in [5.41, 5.74) is 4.93. The SMILES string of the molecule is CC(C)C(C)(NC(=O)C(Cl)c1ccccc1)C(N)=O. The van der Waals surface area contributed by atoms with Crippen molar-refractivity contribution in [2.45, 2.75) is 31.7 Å². The smallest absolute Gasteiger partial charge is 0.243 e. The number of nitrogens with one attached hydrogen (secondary N) is 1. The molecule has 4 nitrogen and oxygen atoms in total. The monoisotopic (exact) mass is 282 g/mol. The van der Waals surface area contributed by atoms with Gasteiger partial charge in [-0.05, 0) is 18.4 Å². The highest BCUT2D eigenvalue weighted by Crippen LogP contribution is 2.23. The molecule has 1 aromatic rings. The average Bonchev–Trinajstić information content (AvgIpc) is 2.38. The van der Waals surface area contributed by atoms with Crippen LogP contribution < -0.4 is 11.1 Å². The number of rotatable bonds is 5. The van der Waals surface area contributed by atoms with Crippen LogP contribution in [0.1, 0.15) is 31.7 Å². The van der Waals surface area contributed by atoms with Crippen molar-refractivity contribution in [2.75, 3.05) is 0 Å². The molecule has 5 heteroatoms. The molecule has 0 aromatic heterocycles. The molecule has 0 aliphatic carbocycles. The van der Waals surface area contributed by atoms with E-state index in [0.717, 1.165) is 0 Å². The Balaban J connectivity index is 2.87. The topological polar surface area (TPSA) is 72.2 Å². The van der Waals surface area contributed by atoms with Crippen LogP contribution in [-0.4, -0.2) is 17.4 Å². The van der Waals surface area contributed by atoms with E-state index in [9.17, 15) is 9.59 Å². The van der Waals surface area contributed by atoms with Gasteiger partial charge < -0.3 is 11.1 Å². The minimum Gasteiger partial charge on any atom is -0.368 e. The Hall–Kier alpha value is -1.55. The van der Waals surface area contributed by atoms with Crippen LogP contribution in [-0.2, 0) is 9.59 Å². The summed E-state index contributed by atoms with van der Waals surface area (Å²) in [6.07, 6.45) is 0. The Kier molecular flexibility index (Phi) is 4.95. The van der Waals surface area contributed by atoms with Gasteiger partial charge in [-0.3, -0.25) is 9.59 Å². The molecule has 19 heavy (non-hydrogen) atoms. The zero-order valence-corrected chi connectivity index (χ0v) is 12.1. The third kappa shape index (κ3) is 3.47. The number of amides is 2. The summed E-state index contributed by atoms with van der Waals surface area (Å²) >= 11 is 6.11. The fourth-order valence-corrected chi connectivity index (χ4v) is 1.78. The van der Waals surface area contributed by atoms with Crippen LogP contribution in [0.15, 0.2) is 30.3 Å². The molecule has 0 radical (unpaired) electrons. The summed E-state index contributed by atoms with van der Waals surface area (Å²) in [5.74, 6) is -1.13. The number of hydrogen-bond donors (Lipinski definition) is 2. The first kappa shape index (κ1) is 15.5. The number of nitrogens with two attached hydrogens (primary N) is 1. The molecule has 2 amide bonds. The zero-order chi connectivity index (χ0) is 14.6. The summed E-state index contributed by atoms with van der Waals surface area (Å²) in [6.45, 7) is 5.24. The Labute approximate surface area is 118 Å². The molecule has 0 bridgehead atoms. The number of carbonyl (C=O) groups is 2. The Morgan fingerprint density at radius 3 is 2.21 bits per heavy atom. The maximum Gasteiger partial charge on any atom is 0.243 e. The molecular formula is C14H19ClN2O2. The third-order valence-corrected chi connectivity index (χ3v) is 3.82. The van der Waals surface area contributed by atoms with Crippen LogP contribution in [0.5, 0.6) is 0 Å². The highest BCUT2D eigenvalue weighted by molar-refractivity contribution is 6.31. The van der Waals surface area contributed by atoms with Gasteiger partial charge >= 0.3 is 0 Å². The largest absolute Gasteiger partial charge is 0.368 e. The number of benzene rings is 1. The van der Waals surface area contributed by atoms with E-state index in [1.807, 2.05) is 19.9 Å². The summed E-state index contributed by atoms with van der Waals surface area (Å²) in [5, 5.41) is 1.80. The first-order chi connectivity index (χ1) is 8.79. The molecule has 104 valence electrons. The molecule has 0 aliphatic heterocycles. The predicted molar refractivity (Wildman–Crippen MR) is 75.6 cm³/mol. The summed E-state index contributed by atoms with van der Waals surface area (Å²) in [7, 11) is 0. The molecule has 1 rings (SSSR count). The van der Waals surface area contributed by atoms with Gasteiger partial charge in [0, 0.05) is 0 Å². The van der Waals surface area contributed by atoms with E-state index in [1.165, 1.54) is 0 Å². The Bertz CT molecular complexity index is 462. The first-order valence-corrected chi connectivity index (χ1v) is 6.53. The lowest BCUT2D eigenvalue weighted by Gasteiger charge is -2.32. The van der Waals surface area contributed by atoms with Crippen molar-refractivity contribution >= 4 is 23.4 Å². The molecule has 0 spiro atoms. The standard InChI is InChI=1S/C14H19ClN2O2/c1-9(2)14(3,13(16)19)17-12(18)11(15)10-7-5-4-6-8-10/h4-9,11H,1-3H3,(H2,16,19)(H,17,18). The van der Waals surface area contributed by atoms with Crippen LogP contribution >= 0.6 is 11.6 Å². The summed E-state index contributed by atoms with van der Waals surface area (Å²) in [4.78, 5) is 23.6. The van der Waals surface area contributed by atoms with Crippen LogP contribution in [0.3, 0.4) is 0 Å². The van der Waals surface area contributed by atoms with Gasteiger partial charge in [0.2, 0.25) is 11.8 Å². The fraction of sp³-hybridized carbons (Fsp3) is 0.429. The maximum atomic E-state index is 12.1. The molecule has 3 N–H and O–H groups in total. The lowest BCUT2D eigenvalue weighted by atomic mass is 9.87. The van der Waals surface area contributed by atoms with Gasteiger partial charge in [0.1, 0.15) is 10.9 Å². The average molecular weight is 283 g/mol. The maximum absolute atomic E-state index is 12.1. The minimum absolute atomic E-state index is 0.131. The van der Waals surface area contributed by atoms with Gasteiger partial charge in [0.05, 0.1) is 0 Å². The van der Waals surface area contributed by atoms with Gasteiger partial charge in [0.15, 0.2) is 0 Å². The van der Waals surface area contributed by atoms with Crippen LogP contribution in [0, 0.1) is 5.92 Å². The second-order valence-electron chi connectivity index (χ2n) is 4.98. The van der Waals surface area contributed by atoms with Gasteiger partial charge in [-0.25, -0.2) is 0 Å². The van der Waals surface area contributed by atoms with Crippen LogP contribution in [0.25, 0.3) is 0 Å². The quantitative estimate of drug-likeness (QED) is 0.811. The zero-order valence-electron chi connectivity index (χ0n) is 11.3. The number of carbonyl (C=O) groups excluding carboxylic acids is 2. The summed E-state index contributed by atoms with van der Waals surface area (Å²) in [6, 6.07) is 8.95. The minimum atomic E-state index is -1.11. The van der Waals surface area contributed by atoms with Crippen LogP contribution in [0.4, 0.5) is 0 Å². The van der Waals surface area contributed by atoms with Crippen molar-refractivity contribution in [1.29, 1.82) is 0 Å². The van der Waals surface area contributed by atoms with E-state index in [0.29, 0.717) is 5.56 Å². The van der Waals surface area contributed by atoms with Crippen molar-refractivity contribution in [3.8, 4) is 0 Å². The van der Waals surface area contributed by atoms with Gasteiger partial charge in [0.25, 0.3) is 0 Å². The van der Waals surface area contributed by atoms with E-state index >= 15 is 0 Å². The van der Waals surface area contributed by atoms with Gasteiger partial charge in [-0.15, -0.1) is 11.6 Å². The molecular weight excluding hydrogens is 264 g/mol. The Morgan fingerprint density at radius 2 is 1.79 bits per heavy atom. The van der Waals surface area contributed by atoms with Crippen molar-refractivity contribution in [2.24, 2.45) is 11.7 Å². The van der Waals surface area contributed by atoms with Crippen LogP contribution in [0.2, 0.25) is 0 Å². The molecule has 0 saturated carbocycles. The van der Waals surface area contributed by atoms with Gasteiger partial charge in [-0.1, -0.05) is 44.2 Å². The second kappa shape index (κ2) is 6.06. The van der Waals surface area contributed by atoms with Crippen molar-refractivity contribution in [3.05, 3.63) is 35.9 Å². The van der Waals surface area contributed by atoms with E-state index in [4.69, 9.17) is 17.3 Å². The lowest BCUT2D eigenvalue weighted by molar-refractivity contribution is -0.132. The van der Waals surface area contributed by atoms with E-state index in [-0.39, 0.29) is 5.92 Å². The lowest BCUT2D eigenvalue weighted by Crippen LogP contribution is -2.59. The number of primary amides is 1. The van der Waals surface area contributed by atoms with E-state index in [1.54, 1.807) is 31.2 Å². The third-order valence-electron chi connectivity index (χ3n) is 3.37. The molecule has 0 saturated heterocycles.